The fourth-order valence-corrected chi connectivity index (χ4v) is 3.40. The molecule has 2 heterocycles. The third kappa shape index (κ3) is 3.54. The normalized spacial score (nSPS) is 18.2. The number of morpholine rings is 1. The first kappa shape index (κ1) is 16.9. The van der Waals surface area contributed by atoms with Crippen LogP contribution < -0.4 is 4.74 Å². The molecule has 134 valence electrons. The zero-order valence-electron chi connectivity index (χ0n) is 14.7. The lowest BCUT2D eigenvalue weighted by molar-refractivity contribution is -0.0350. The minimum atomic E-state index is -0.239. The second kappa shape index (κ2) is 7.40. The molecule has 3 aromatic rings. The van der Waals surface area contributed by atoms with Crippen molar-refractivity contribution in [3.05, 3.63) is 71.8 Å². The van der Waals surface area contributed by atoms with E-state index in [1.54, 1.807) is 19.4 Å². The van der Waals surface area contributed by atoms with E-state index in [-0.39, 0.29) is 11.9 Å². The molecule has 1 aliphatic heterocycles. The van der Waals surface area contributed by atoms with E-state index in [0.29, 0.717) is 6.61 Å². The maximum absolute atomic E-state index is 13.5. The third-order valence-corrected chi connectivity index (χ3v) is 4.77. The van der Waals surface area contributed by atoms with E-state index in [4.69, 9.17) is 9.47 Å². The lowest BCUT2D eigenvalue weighted by atomic mass is 10.1. The molecule has 0 bridgehead atoms. The fourth-order valence-electron chi connectivity index (χ4n) is 3.40. The van der Waals surface area contributed by atoms with Crippen LogP contribution in [0.25, 0.3) is 10.8 Å². The SMILES string of the molecule is COc1ccccc1CN1CCO[C@@H](c2cc3cc(F)ccc3cn2)C1. The van der Waals surface area contributed by atoms with E-state index >= 15 is 0 Å². The number of hydrogen-bond acceptors (Lipinski definition) is 4. The van der Waals surface area contributed by atoms with Gasteiger partial charge in [0.1, 0.15) is 17.7 Å². The number of methoxy groups -OCH3 is 1. The smallest absolute Gasteiger partial charge is 0.123 e. The molecule has 26 heavy (non-hydrogen) atoms. The van der Waals surface area contributed by atoms with Gasteiger partial charge in [0.25, 0.3) is 0 Å². The molecular formula is C21H21FN2O2. The average molecular weight is 352 g/mol. The summed E-state index contributed by atoms with van der Waals surface area (Å²) in [5, 5.41) is 1.78. The standard InChI is InChI=1S/C21H21FN2O2/c1-25-20-5-3-2-4-16(20)13-24-8-9-26-21(14-24)19-11-17-10-18(22)7-6-15(17)12-23-19/h2-7,10-12,21H,8-9,13-14H2,1H3/t21-/m1/s1. The molecular weight excluding hydrogens is 331 g/mol. The largest absolute Gasteiger partial charge is 0.496 e. The molecule has 0 saturated carbocycles. The van der Waals surface area contributed by atoms with Gasteiger partial charge in [0.05, 0.1) is 19.4 Å². The number of rotatable bonds is 4. The number of benzene rings is 2. The van der Waals surface area contributed by atoms with Gasteiger partial charge < -0.3 is 9.47 Å². The zero-order chi connectivity index (χ0) is 17.9. The summed E-state index contributed by atoms with van der Waals surface area (Å²) in [5.41, 5.74) is 2.00. The van der Waals surface area contributed by atoms with Crippen molar-refractivity contribution in [2.75, 3.05) is 26.8 Å². The van der Waals surface area contributed by atoms with Crippen molar-refractivity contribution in [2.45, 2.75) is 12.6 Å². The Hall–Kier alpha value is -2.50. The van der Waals surface area contributed by atoms with Gasteiger partial charge in [-0.25, -0.2) is 4.39 Å². The molecule has 1 aliphatic rings. The van der Waals surface area contributed by atoms with Crippen molar-refractivity contribution < 1.29 is 13.9 Å². The van der Waals surface area contributed by atoms with E-state index < -0.39 is 0 Å². The Morgan fingerprint density at radius 3 is 2.96 bits per heavy atom. The molecule has 1 saturated heterocycles. The summed E-state index contributed by atoms with van der Waals surface area (Å²) >= 11 is 0. The molecule has 1 aromatic heterocycles. The van der Waals surface area contributed by atoms with Gasteiger partial charge in [0.2, 0.25) is 0 Å². The molecule has 0 unspecified atom stereocenters. The fraction of sp³-hybridized carbons (Fsp3) is 0.286. The van der Waals surface area contributed by atoms with Gasteiger partial charge in [-0.2, -0.15) is 0 Å². The summed E-state index contributed by atoms with van der Waals surface area (Å²) in [7, 11) is 1.69. The monoisotopic (exact) mass is 352 g/mol. The molecule has 0 aliphatic carbocycles. The highest BCUT2D eigenvalue weighted by Gasteiger charge is 2.24. The molecule has 4 nitrogen and oxygen atoms in total. The Kier molecular flexibility index (Phi) is 4.82. The van der Waals surface area contributed by atoms with Crippen LogP contribution in [0.4, 0.5) is 4.39 Å². The van der Waals surface area contributed by atoms with E-state index in [1.165, 1.54) is 12.1 Å². The number of ether oxygens (including phenoxy) is 2. The van der Waals surface area contributed by atoms with Gasteiger partial charge in [-0.15, -0.1) is 0 Å². The van der Waals surface area contributed by atoms with Crippen molar-refractivity contribution in [2.24, 2.45) is 0 Å². The van der Waals surface area contributed by atoms with Crippen LogP contribution in [0.1, 0.15) is 17.4 Å². The molecule has 1 fully saturated rings. The van der Waals surface area contributed by atoms with Crippen molar-refractivity contribution >= 4 is 10.8 Å². The van der Waals surface area contributed by atoms with Crippen LogP contribution in [0.5, 0.6) is 5.75 Å². The van der Waals surface area contributed by atoms with Crippen molar-refractivity contribution in [3.63, 3.8) is 0 Å². The molecule has 5 heteroatoms. The summed E-state index contributed by atoms with van der Waals surface area (Å²) in [6.45, 7) is 3.04. The van der Waals surface area contributed by atoms with Gasteiger partial charge in [-0.1, -0.05) is 18.2 Å². The van der Waals surface area contributed by atoms with Gasteiger partial charge >= 0.3 is 0 Å². The number of fused-ring (bicyclic) bond motifs is 1. The van der Waals surface area contributed by atoms with Crippen molar-refractivity contribution in [1.29, 1.82) is 0 Å². The second-order valence-electron chi connectivity index (χ2n) is 6.51. The summed E-state index contributed by atoms with van der Waals surface area (Å²) in [6.07, 6.45) is 1.67. The first-order valence-electron chi connectivity index (χ1n) is 8.74. The Balaban J connectivity index is 1.53. The number of aromatic nitrogens is 1. The van der Waals surface area contributed by atoms with Crippen LogP contribution >= 0.6 is 0 Å². The highest BCUT2D eigenvalue weighted by atomic mass is 19.1. The first-order valence-corrected chi connectivity index (χ1v) is 8.74. The molecule has 0 amide bonds. The molecule has 0 N–H and O–H groups in total. The molecule has 1 atom stereocenters. The number of para-hydroxylation sites is 1. The lowest BCUT2D eigenvalue weighted by Crippen LogP contribution is -2.38. The predicted molar refractivity (Wildman–Crippen MR) is 98.7 cm³/mol. The highest BCUT2D eigenvalue weighted by molar-refractivity contribution is 5.82. The Morgan fingerprint density at radius 2 is 2.08 bits per heavy atom. The van der Waals surface area contributed by atoms with Crippen molar-refractivity contribution in [3.8, 4) is 5.75 Å². The summed E-state index contributed by atoms with van der Waals surface area (Å²) in [5.74, 6) is 0.659. The van der Waals surface area contributed by atoms with Gasteiger partial charge in [0.15, 0.2) is 0 Å². The maximum Gasteiger partial charge on any atom is 0.123 e. The van der Waals surface area contributed by atoms with E-state index in [1.807, 2.05) is 24.3 Å². The Labute approximate surface area is 152 Å². The zero-order valence-corrected chi connectivity index (χ0v) is 14.7. The van der Waals surface area contributed by atoms with Crippen LogP contribution in [-0.4, -0.2) is 36.7 Å². The maximum atomic E-state index is 13.5. The van der Waals surface area contributed by atoms with Crippen LogP contribution in [0.15, 0.2) is 54.7 Å². The number of nitrogens with zero attached hydrogens (tertiary/aromatic N) is 2. The molecule has 4 rings (SSSR count). The Morgan fingerprint density at radius 1 is 1.19 bits per heavy atom. The second-order valence-corrected chi connectivity index (χ2v) is 6.51. The number of hydrogen-bond donors (Lipinski definition) is 0. The number of halogens is 1. The quantitative estimate of drug-likeness (QED) is 0.712. The van der Waals surface area contributed by atoms with Crippen LogP contribution in [0.3, 0.4) is 0 Å². The van der Waals surface area contributed by atoms with E-state index in [2.05, 4.69) is 16.0 Å². The van der Waals surface area contributed by atoms with Crippen LogP contribution in [0.2, 0.25) is 0 Å². The molecule has 0 radical (unpaired) electrons. The summed E-state index contributed by atoms with van der Waals surface area (Å²) in [4.78, 5) is 6.87. The molecule has 0 spiro atoms. The van der Waals surface area contributed by atoms with Gasteiger partial charge in [-0.3, -0.25) is 9.88 Å². The Bertz CT molecular complexity index is 915. The van der Waals surface area contributed by atoms with Gasteiger partial charge in [-0.05, 0) is 35.7 Å². The first-order chi connectivity index (χ1) is 12.7. The average Bonchev–Trinajstić information content (AvgIpc) is 2.68. The van der Waals surface area contributed by atoms with Crippen LogP contribution in [0, 0.1) is 5.82 Å². The highest BCUT2D eigenvalue weighted by Crippen LogP contribution is 2.26. The third-order valence-electron chi connectivity index (χ3n) is 4.77. The van der Waals surface area contributed by atoms with E-state index in [9.17, 15) is 4.39 Å². The summed E-state index contributed by atoms with van der Waals surface area (Å²) in [6, 6.07) is 14.7. The van der Waals surface area contributed by atoms with E-state index in [0.717, 1.165) is 47.4 Å². The summed E-state index contributed by atoms with van der Waals surface area (Å²) < 4.78 is 24.9. The minimum absolute atomic E-state index is 0.119. The van der Waals surface area contributed by atoms with Gasteiger partial charge in [0, 0.05) is 36.8 Å². The lowest BCUT2D eigenvalue weighted by Gasteiger charge is -2.33. The minimum Gasteiger partial charge on any atom is -0.496 e. The topological polar surface area (TPSA) is 34.6 Å². The molecule has 2 aromatic carbocycles. The van der Waals surface area contributed by atoms with Crippen molar-refractivity contribution in [1.82, 2.24) is 9.88 Å². The van der Waals surface area contributed by atoms with Crippen LogP contribution in [-0.2, 0) is 11.3 Å². The number of pyridine rings is 1. The predicted octanol–water partition coefficient (Wildman–Crippen LogP) is 3.96.